The van der Waals surface area contributed by atoms with Gasteiger partial charge in [-0.1, -0.05) is 18.2 Å². The van der Waals surface area contributed by atoms with E-state index in [-0.39, 0.29) is 11.6 Å². The van der Waals surface area contributed by atoms with Crippen LogP contribution in [0.1, 0.15) is 21.6 Å². The monoisotopic (exact) mass is 349 g/mol. The number of amides is 1. The Bertz CT molecular complexity index is 836. The predicted molar refractivity (Wildman–Crippen MR) is 97.8 cm³/mol. The first-order chi connectivity index (χ1) is 12.7. The Kier molecular flexibility index (Phi) is 5.72. The fourth-order valence-corrected chi connectivity index (χ4v) is 2.25. The first-order valence-corrected chi connectivity index (χ1v) is 8.10. The minimum Gasteiger partial charge on any atom is -0.497 e. The molecule has 1 aromatic carbocycles. The zero-order valence-corrected chi connectivity index (χ0v) is 14.3. The molecule has 3 rings (SSSR count). The Morgan fingerprint density at radius 1 is 1.00 bits per heavy atom. The van der Waals surface area contributed by atoms with Crippen LogP contribution in [0.25, 0.3) is 0 Å². The SMILES string of the molecule is COc1ccc(CNc2cnc(C(=O)NCc3cccnc3)cn2)cc1. The van der Waals surface area contributed by atoms with Crippen LogP contribution in [0, 0.1) is 0 Å². The van der Waals surface area contributed by atoms with E-state index < -0.39 is 0 Å². The quantitative estimate of drug-likeness (QED) is 0.681. The van der Waals surface area contributed by atoms with E-state index in [1.165, 1.54) is 6.20 Å². The highest BCUT2D eigenvalue weighted by atomic mass is 16.5. The number of benzene rings is 1. The summed E-state index contributed by atoms with van der Waals surface area (Å²) in [7, 11) is 1.64. The fraction of sp³-hybridized carbons (Fsp3) is 0.158. The highest BCUT2D eigenvalue weighted by Crippen LogP contribution is 2.12. The van der Waals surface area contributed by atoms with Gasteiger partial charge in [-0.05, 0) is 29.3 Å². The van der Waals surface area contributed by atoms with Crippen molar-refractivity contribution in [2.75, 3.05) is 12.4 Å². The maximum absolute atomic E-state index is 12.1. The van der Waals surface area contributed by atoms with Crippen molar-refractivity contribution in [2.45, 2.75) is 13.1 Å². The molecule has 0 radical (unpaired) electrons. The molecule has 0 bridgehead atoms. The summed E-state index contributed by atoms with van der Waals surface area (Å²) < 4.78 is 5.13. The van der Waals surface area contributed by atoms with E-state index in [4.69, 9.17) is 4.74 Å². The number of nitrogens with zero attached hydrogens (tertiary/aromatic N) is 3. The van der Waals surface area contributed by atoms with Gasteiger partial charge in [0.15, 0.2) is 0 Å². The van der Waals surface area contributed by atoms with Crippen molar-refractivity contribution < 1.29 is 9.53 Å². The normalized spacial score (nSPS) is 10.2. The summed E-state index contributed by atoms with van der Waals surface area (Å²) in [4.78, 5) is 24.5. The van der Waals surface area contributed by atoms with Crippen LogP contribution in [-0.2, 0) is 13.1 Å². The molecule has 0 aliphatic heterocycles. The third-order valence-corrected chi connectivity index (χ3v) is 3.69. The lowest BCUT2D eigenvalue weighted by Crippen LogP contribution is -2.24. The van der Waals surface area contributed by atoms with Crippen molar-refractivity contribution in [3.05, 3.63) is 78.0 Å². The number of carbonyl (C=O) groups is 1. The van der Waals surface area contributed by atoms with Gasteiger partial charge >= 0.3 is 0 Å². The van der Waals surface area contributed by atoms with Gasteiger partial charge in [-0.25, -0.2) is 9.97 Å². The Labute approximate surface area is 151 Å². The average Bonchev–Trinajstić information content (AvgIpc) is 2.72. The maximum atomic E-state index is 12.1. The second kappa shape index (κ2) is 8.57. The van der Waals surface area contributed by atoms with Gasteiger partial charge < -0.3 is 15.4 Å². The number of rotatable bonds is 7. The van der Waals surface area contributed by atoms with E-state index in [0.29, 0.717) is 18.9 Å². The van der Waals surface area contributed by atoms with Crippen LogP contribution in [0.2, 0.25) is 0 Å². The maximum Gasteiger partial charge on any atom is 0.271 e. The number of hydrogen-bond acceptors (Lipinski definition) is 6. The molecule has 0 unspecified atom stereocenters. The van der Waals surface area contributed by atoms with Crippen molar-refractivity contribution in [2.24, 2.45) is 0 Å². The molecule has 3 aromatic rings. The van der Waals surface area contributed by atoms with Gasteiger partial charge in [0.05, 0.1) is 19.5 Å². The summed E-state index contributed by atoms with van der Waals surface area (Å²) >= 11 is 0. The number of nitrogens with one attached hydrogen (secondary N) is 2. The Morgan fingerprint density at radius 3 is 2.50 bits per heavy atom. The molecule has 0 saturated heterocycles. The van der Waals surface area contributed by atoms with Crippen molar-refractivity contribution in [1.29, 1.82) is 0 Å². The van der Waals surface area contributed by atoms with Gasteiger partial charge in [-0.3, -0.25) is 9.78 Å². The van der Waals surface area contributed by atoms with E-state index in [2.05, 4.69) is 25.6 Å². The Morgan fingerprint density at radius 2 is 1.85 bits per heavy atom. The molecular formula is C19H19N5O2. The van der Waals surface area contributed by atoms with Gasteiger partial charge in [-0.15, -0.1) is 0 Å². The first kappa shape index (κ1) is 17.3. The molecule has 0 atom stereocenters. The second-order valence-corrected chi connectivity index (χ2v) is 5.53. The van der Waals surface area contributed by atoms with Crippen LogP contribution in [0.3, 0.4) is 0 Å². The second-order valence-electron chi connectivity index (χ2n) is 5.53. The molecule has 7 heteroatoms. The first-order valence-electron chi connectivity index (χ1n) is 8.10. The minimum atomic E-state index is -0.275. The van der Waals surface area contributed by atoms with Crippen LogP contribution in [0.5, 0.6) is 5.75 Å². The molecule has 26 heavy (non-hydrogen) atoms. The summed E-state index contributed by atoms with van der Waals surface area (Å²) in [6.07, 6.45) is 6.39. The van der Waals surface area contributed by atoms with Gasteiger partial charge in [0.2, 0.25) is 0 Å². The number of aromatic nitrogens is 3. The van der Waals surface area contributed by atoms with Gasteiger partial charge in [0.1, 0.15) is 17.3 Å². The van der Waals surface area contributed by atoms with Crippen molar-refractivity contribution in [1.82, 2.24) is 20.3 Å². The van der Waals surface area contributed by atoms with E-state index >= 15 is 0 Å². The number of methoxy groups -OCH3 is 1. The molecule has 1 amide bonds. The molecule has 0 saturated carbocycles. The lowest BCUT2D eigenvalue weighted by Gasteiger charge is -2.07. The largest absolute Gasteiger partial charge is 0.497 e. The molecule has 7 nitrogen and oxygen atoms in total. The molecule has 2 aromatic heterocycles. The highest BCUT2D eigenvalue weighted by molar-refractivity contribution is 5.91. The summed E-state index contributed by atoms with van der Waals surface area (Å²) in [6, 6.07) is 11.5. The third kappa shape index (κ3) is 4.76. The van der Waals surface area contributed by atoms with Crippen LogP contribution >= 0.6 is 0 Å². The standard InChI is InChI=1S/C19H19N5O2/c1-26-16-6-4-14(5-7-16)10-22-18-13-21-17(12-23-18)19(25)24-11-15-3-2-8-20-9-15/h2-9,12-13H,10-11H2,1H3,(H,22,23)(H,24,25). The number of ether oxygens (including phenoxy) is 1. The number of anilines is 1. The van der Waals surface area contributed by atoms with E-state index in [1.54, 1.807) is 25.7 Å². The predicted octanol–water partition coefficient (Wildman–Crippen LogP) is 2.42. The van der Waals surface area contributed by atoms with Gasteiger partial charge in [-0.2, -0.15) is 0 Å². The topological polar surface area (TPSA) is 89.0 Å². The van der Waals surface area contributed by atoms with Crippen LogP contribution in [-0.4, -0.2) is 28.0 Å². The number of hydrogen-bond donors (Lipinski definition) is 2. The lowest BCUT2D eigenvalue weighted by molar-refractivity contribution is 0.0945. The van der Waals surface area contributed by atoms with Crippen LogP contribution in [0.4, 0.5) is 5.82 Å². The van der Waals surface area contributed by atoms with E-state index in [0.717, 1.165) is 16.9 Å². The van der Waals surface area contributed by atoms with Gasteiger partial charge in [0, 0.05) is 25.5 Å². The number of carbonyl (C=O) groups excluding carboxylic acids is 1. The lowest BCUT2D eigenvalue weighted by atomic mass is 10.2. The number of pyridine rings is 1. The van der Waals surface area contributed by atoms with E-state index in [9.17, 15) is 4.79 Å². The minimum absolute atomic E-state index is 0.267. The molecule has 0 aliphatic rings. The highest BCUT2D eigenvalue weighted by Gasteiger charge is 2.08. The Balaban J connectivity index is 1.51. The van der Waals surface area contributed by atoms with Crippen LogP contribution in [0.15, 0.2) is 61.2 Å². The fourth-order valence-electron chi connectivity index (χ4n) is 2.25. The summed E-state index contributed by atoms with van der Waals surface area (Å²) in [5, 5.41) is 5.96. The third-order valence-electron chi connectivity index (χ3n) is 3.69. The Hall–Kier alpha value is -3.48. The molecule has 0 aliphatic carbocycles. The van der Waals surface area contributed by atoms with Crippen molar-refractivity contribution in [3.63, 3.8) is 0 Å². The van der Waals surface area contributed by atoms with E-state index in [1.807, 2.05) is 36.4 Å². The molecule has 2 N–H and O–H groups in total. The molecule has 132 valence electrons. The smallest absolute Gasteiger partial charge is 0.271 e. The van der Waals surface area contributed by atoms with Crippen LogP contribution < -0.4 is 15.4 Å². The average molecular weight is 349 g/mol. The zero-order valence-electron chi connectivity index (χ0n) is 14.3. The van der Waals surface area contributed by atoms with Crippen molar-refractivity contribution in [3.8, 4) is 5.75 Å². The molecule has 2 heterocycles. The summed E-state index contributed by atoms with van der Waals surface area (Å²) in [6.45, 7) is 0.997. The zero-order chi connectivity index (χ0) is 18.2. The summed E-state index contributed by atoms with van der Waals surface area (Å²) in [5.74, 6) is 1.14. The van der Waals surface area contributed by atoms with Crippen molar-refractivity contribution >= 4 is 11.7 Å². The molecule has 0 fully saturated rings. The molecule has 0 spiro atoms. The van der Waals surface area contributed by atoms with Gasteiger partial charge in [0.25, 0.3) is 5.91 Å². The molecular weight excluding hydrogens is 330 g/mol. The summed E-state index contributed by atoms with van der Waals surface area (Å²) in [5.41, 5.74) is 2.28.